The molecular formula is C7H10N4O2. The van der Waals surface area contributed by atoms with Gasteiger partial charge in [0.2, 0.25) is 5.95 Å². The first-order chi connectivity index (χ1) is 6.08. The molecule has 0 radical (unpaired) electrons. The van der Waals surface area contributed by atoms with E-state index in [2.05, 4.69) is 15.0 Å². The predicted molar refractivity (Wildman–Crippen MR) is 47.3 cm³/mol. The normalized spacial score (nSPS) is 10.7. The summed E-state index contributed by atoms with van der Waals surface area (Å²) < 4.78 is 0. The van der Waals surface area contributed by atoms with Crippen LogP contribution in [-0.4, -0.2) is 33.6 Å². The van der Waals surface area contributed by atoms with Gasteiger partial charge in [0, 0.05) is 18.8 Å². The summed E-state index contributed by atoms with van der Waals surface area (Å²) in [6, 6.07) is 1.36. The van der Waals surface area contributed by atoms with Gasteiger partial charge in [-0.25, -0.2) is 15.0 Å². The van der Waals surface area contributed by atoms with Crippen LogP contribution in [0, 0.1) is 6.92 Å². The first kappa shape index (κ1) is 9.40. The summed E-state index contributed by atoms with van der Waals surface area (Å²) in [6.07, 6.45) is 1.14. The Labute approximate surface area is 74.5 Å². The van der Waals surface area contributed by atoms with E-state index in [1.54, 1.807) is 6.92 Å². The molecule has 0 fully saturated rings. The highest BCUT2D eigenvalue weighted by molar-refractivity contribution is 5.56. The number of aliphatic imine (C=N–C) groups is 1. The van der Waals surface area contributed by atoms with Crippen molar-refractivity contribution in [3.63, 3.8) is 0 Å². The van der Waals surface area contributed by atoms with Crippen molar-refractivity contribution in [2.24, 2.45) is 4.99 Å². The lowest BCUT2D eigenvalue weighted by Gasteiger charge is -1.99. The number of hydrogen-bond donors (Lipinski definition) is 2. The lowest BCUT2D eigenvalue weighted by atomic mass is 10.5. The van der Waals surface area contributed by atoms with Crippen molar-refractivity contribution in [2.75, 3.05) is 7.05 Å². The van der Waals surface area contributed by atoms with Crippen LogP contribution in [0.15, 0.2) is 15.9 Å². The number of aromatic amines is 1. The summed E-state index contributed by atoms with van der Waals surface area (Å²) in [7, 11) is 1.40. The van der Waals surface area contributed by atoms with Crippen LogP contribution in [-0.2, 0) is 0 Å². The molecule has 70 valence electrons. The van der Waals surface area contributed by atoms with Crippen molar-refractivity contribution in [3.8, 4) is 0 Å². The van der Waals surface area contributed by atoms with E-state index in [4.69, 9.17) is 5.21 Å². The molecule has 0 aliphatic heterocycles. The molecule has 0 aliphatic carbocycles. The Balaban J connectivity index is 2.96. The third-order valence-corrected chi connectivity index (χ3v) is 1.20. The van der Waals surface area contributed by atoms with Crippen molar-refractivity contribution in [1.29, 1.82) is 0 Å². The van der Waals surface area contributed by atoms with E-state index < -0.39 is 0 Å². The molecule has 0 spiro atoms. The number of H-pyrrole nitrogens is 1. The molecule has 13 heavy (non-hydrogen) atoms. The Morgan fingerprint density at radius 3 is 3.00 bits per heavy atom. The highest BCUT2D eigenvalue weighted by atomic mass is 16.5. The molecular weight excluding hydrogens is 172 g/mol. The zero-order chi connectivity index (χ0) is 9.84. The number of nitrogens with one attached hydrogen (secondary N) is 1. The maximum Gasteiger partial charge on any atom is 0.252 e. The van der Waals surface area contributed by atoms with E-state index >= 15 is 0 Å². The van der Waals surface area contributed by atoms with Gasteiger partial charge in [-0.05, 0) is 6.92 Å². The minimum Gasteiger partial charge on any atom is -0.291 e. The van der Waals surface area contributed by atoms with Crippen LogP contribution < -0.4 is 5.56 Å². The Bertz CT molecular complexity index is 369. The van der Waals surface area contributed by atoms with Gasteiger partial charge >= 0.3 is 0 Å². The highest BCUT2D eigenvalue weighted by Crippen LogP contribution is 1.98. The minimum atomic E-state index is -0.264. The van der Waals surface area contributed by atoms with E-state index in [0.29, 0.717) is 5.69 Å². The summed E-state index contributed by atoms with van der Waals surface area (Å²) in [4.78, 5) is 20.9. The molecule has 0 atom stereocenters. The summed E-state index contributed by atoms with van der Waals surface area (Å²) in [5.41, 5.74) is 0.316. The predicted octanol–water partition coefficient (Wildman–Crippen LogP) is 0.0591. The number of hydrogen-bond acceptors (Lipinski definition) is 4. The van der Waals surface area contributed by atoms with Gasteiger partial charge in [-0.15, -0.1) is 0 Å². The number of aryl methyl sites for hydroxylation is 1. The van der Waals surface area contributed by atoms with Gasteiger partial charge in [0.1, 0.15) is 6.34 Å². The Hall–Kier alpha value is -1.69. The van der Waals surface area contributed by atoms with E-state index in [1.165, 1.54) is 13.1 Å². The zero-order valence-corrected chi connectivity index (χ0v) is 7.35. The van der Waals surface area contributed by atoms with Crippen LogP contribution in [0.2, 0.25) is 0 Å². The van der Waals surface area contributed by atoms with Crippen molar-refractivity contribution in [2.45, 2.75) is 6.92 Å². The van der Waals surface area contributed by atoms with Gasteiger partial charge in [0.15, 0.2) is 0 Å². The highest BCUT2D eigenvalue weighted by Gasteiger charge is 1.94. The Morgan fingerprint density at radius 2 is 2.46 bits per heavy atom. The first-order valence-electron chi connectivity index (χ1n) is 3.62. The third kappa shape index (κ3) is 3.04. The number of nitrogens with zero attached hydrogens (tertiary/aromatic N) is 3. The molecule has 1 aromatic rings. The maximum atomic E-state index is 10.9. The Kier molecular flexibility index (Phi) is 2.76. The average Bonchev–Trinajstić information content (AvgIpc) is 1.99. The number of hydroxylamine groups is 2. The van der Waals surface area contributed by atoms with Crippen LogP contribution in [0.3, 0.4) is 0 Å². The van der Waals surface area contributed by atoms with E-state index in [0.717, 1.165) is 11.4 Å². The second-order valence-corrected chi connectivity index (χ2v) is 2.53. The minimum absolute atomic E-state index is 0.172. The third-order valence-electron chi connectivity index (χ3n) is 1.20. The maximum absolute atomic E-state index is 10.9. The quantitative estimate of drug-likeness (QED) is 0.385. The molecule has 1 rings (SSSR count). The fourth-order valence-corrected chi connectivity index (χ4v) is 0.763. The van der Waals surface area contributed by atoms with Gasteiger partial charge in [-0.2, -0.15) is 0 Å². The largest absolute Gasteiger partial charge is 0.291 e. The fraction of sp³-hybridized carbons (Fsp3) is 0.286. The lowest BCUT2D eigenvalue weighted by molar-refractivity contribution is 0.0200. The smallest absolute Gasteiger partial charge is 0.252 e. The van der Waals surface area contributed by atoms with Crippen molar-refractivity contribution < 1.29 is 5.21 Å². The molecule has 6 nitrogen and oxygen atoms in total. The second-order valence-electron chi connectivity index (χ2n) is 2.53. The lowest BCUT2D eigenvalue weighted by Crippen LogP contribution is -2.10. The van der Waals surface area contributed by atoms with Crippen LogP contribution in [0.25, 0.3) is 0 Å². The van der Waals surface area contributed by atoms with Crippen LogP contribution in [0.1, 0.15) is 5.69 Å². The fourth-order valence-electron chi connectivity index (χ4n) is 0.763. The zero-order valence-electron chi connectivity index (χ0n) is 7.35. The molecule has 0 saturated carbocycles. The molecule has 2 N–H and O–H groups in total. The van der Waals surface area contributed by atoms with Crippen molar-refractivity contribution in [1.82, 2.24) is 15.0 Å². The number of aromatic nitrogens is 2. The molecule has 1 heterocycles. The monoisotopic (exact) mass is 182 g/mol. The van der Waals surface area contributed by atoms with Crippen LogP contribution in [0.4, 0.5) is 5.95 Å². The topological polar surface area (TPSA) is 81.6 Å². The average molecular weight is 182 g/mol. The molecule has 1 aromatic heterocycles. The molecule has 0 aromatic carbocycles. The van der Waals surface area contributed by atoms with Gasteiger partial charge in [0.05, 0.1) is 0 Å². The summed E-state index contributed by atoms with van der Waals surface area (Å²) in [5.74, 6) is 0.172. The molecule has 0 saturated heterocycles. The van der Waals surface area contributed by atoms with Gasteiger partial charge in [-0.3, -0.25) is 15.0 Å². The SMILES string of the molecule is Cc1cc(=O)[nH]c(N=CN(C)O)n1. The summed E-state index contributed by atoms with van der Waals surface area (Å²) in [5, 5.41) is 9.48. The number of rotatable bonds is 2. The molecule has 0 amide bonds. The molecule has 0 unspecified atom stereocenters. The Morgan fingerprint density at radius 1 is 1.77 bits per heavy atom. The molecule has 0 bridgehead atoms. The van der Waals surface area contributed by atoms with Crippen LogP contribution in [0.5, 0.6) is 0 Å². The van der Waals surface area contributed by atoms with Gasteiger partial charge in [0.25, 0.3) is 5.56 Å². The summed E-state index contributed by atoms with van der Waals surface area (Å²) >= 11 is 0. The van der Waals surface area contributed by atoms with E-state index in [1.807, 2.05) is 0 Å². The van der Waals surface area contributed by atoms with Crippen LogP contribution >= 0.6 is 0 Å². The van der Waals surface area contributed by atoms with E-state index in [-0.39, 0.29) is 11.5 Å². The standard InChI is InChI=1S/C7H10N4O2/c1-5-3-6(12)10-7(9-5)8-4-11(2)13/h3-4,13H,1-2H3,(H,9,10,12). The second kappa shape index (κ2) is 3.81. The summed E-state index contributed by atoms with van der Waals surface area (Å²) in [6.45, 7) is 1.69. The molecule has 0 aliphatic rings. The van der Waals surface area contributed by atoms with Gasteiger partial charge in [-0.1, -0.05) is 0 Å². The van der Waals surface area contributed by atoms with E-state index in [9.17, 15) is 4.79 Å². The first-order valence-corrected chi connectivity index (χ1v) is 3.62. The van der Waals surface area contributed by atoms with Crippen molar-refractivity contribution >= 4 is 12.3 Å². The van der Waals surface area contributed by atoms with Crippen molar-refractivity contribution in [3.05, 3.63) is 22.1 Å². The van der Waals surface area contributed by atoms with Gasteiger partial charge < -0.3 is 0 Å². The molecule has 6 heteroatoms.